The molecule has 0 spiro atoms. The molecule has 0 atom stereocenters. The zero-order chi connectivity index (χ0) is 15.4. The Balaban J connectivity index is 1.53. The fourth-order valence-corrected chi connectivity index (χ4v) is 17.3. The maximum absolute atomic E-state index is 3.09. The molecule has 2 nitrogen and oxygen atoms in total. The van der Waals surface area contributed by atoms with Crippen LogP contribution in [0.4, 0.5) is 0 Å². The predicted molar refractivity (Wildman–Crippen MR) is 102 cm³/mol. The smallest absolute Gasteiger partial charge is 0.109 e. The first-order valence-electron chi connectivity index (χ1n) is 10.3. The van der Waals surface area contributed by atoms with Crippen molar-refractivity contribution in [2.45, 2.75) is 101 Å². The molecule has 0 amide bonds. The highest BCUT2D eigenvalue weighted by atomic mass is 28.4. The van der Waals surface area contributed by atoms with E-state index in [1.165, 1.54) is 77.3 Å². The second-order valence-corrected chi connectivity index (χ2v) is 15.8. The Labute approximate surface area is 142 Å². The minimum absolute atomic E-state index is 0.515. The Morgan fingerprint density at radius 3 is 1.36 bits per heavy atom. The second-order valence-electron chi connectivity index (χ2n) is 8.13. The summed E-state index contributed by atoms with van der Waals surface area (Å²) >= 11 is 0. The topological polar surface area (TPSA) is 6.48 Å². The summed E-state index contributed by atoms with van der Waals surface area (Å²) < 4.78 is 6.19. The normalized spacial score (nSPS) is 30.5. The minimum atomic E-state index is -0.515. The molecule has 0 aromatic carbocycles. The van der Waals surface area contributed by atoms with Crippen LogP contribution in [0.2, 0.25) is 11.3 Å². The van der Waals surface area contributed by atoms with Crippen molar-refractivity contribution in [3.05, 3.63) is 0 Å². The van der Waals surface area contributed by atoms with Gasteiger partial charge in [-0.25, -0.2) is 0 Å². The van der Waals surface area contributed by atoms with Gasteiger partial charge in [-0.1, -0.05) is 39.5 Å². The average molecular weight is 339 g/mol. The van der Waals surface area contributed by atoms with Crippen LogP contribution in [-0.2, 0) is 0 Å². The standard InChI is InChI=1S/C18H38N2Si2/c1-3-13-19(17-9-5-6-10-17)21-15-22(16-21)20(14-4-2)18-11-7-8-12-18/h17-18,21-22H,3-16H2,1-2H3. The maximum atomic E-state index is 3.09. The fourth-order valence-electron chi connectivity index (χ4n) is 5.42. The molecule has 0 aromatic heterocycles. The van der Waals surface area contributed by atoms with E-state index >= 15 is 0 Å². The van der Waals surface area contributed by atoms with Gasteiger partial charge in [-0.05, 0) is 62.9 Å². The molecule has 0 radical (unpaired) electrons. The molecule has 1 heterocycles. The van der Waals surface area contributed by atoms with Crippen molar-refractivity contribution in [1.82, 2.24) is 9.13 Å². The lowest BCUT2D eigenvalue weighted by molar-refractivity contribution is 0.307. The third-order valence-electron chi connectivity index (χ3n) is 6.58. The van der Waals surface area contributed by atoms with Crippen molar-refractivity contribution in [3.8, 4) is 0 Å². The van der Waals surface area contributed by atoms with E-state index in [1.54, 1.807) is 11.3 Å². The molecule has 3 fully saturated rings. The van der Waals surface area contributed by atoms with Gasteiger partial charge in [0.25, 0.3) is 0 Å². The van der Waals surface area contributed by atoms with Crippen molar-refractivity contribution in [3.63, 3.8) is 0 Å². The molecule has 1 aliphatic heterocycles. The second kappa shape index (κ2) is 8.45. The predicted octanol–water partition coefficient (Wildman–Crippen LogP) is 3.84. The summed E-state index contributed by atoms with van der Waals surface area (Å²) in [5.74, 6) is 0. The number of hydrogen-bond donors (Lipinski definition) is 0. The molecule has 0 unspecified atom stereocenters. The van der Waals surface area contributed by atoms with E-state index in [2.05, 4.69) is 23.0 Å². The van der Waals surface area contributed by atoms with E-state index in [1.807, 2.05) is 0 Å². The number of nitrogens with zero attached hydrogens (tertiary/aromatic N) is 2. The van der Waals surface area contributed by atoms with Crippen molar-refractivity contribution in [2.75, 3.05) is 13.1 Å². The molecule has 3 aliphatic rings. The van der Waals surface area contributed by atoms with E-state index in [9.17, 15) is 0 Å². The van der Waals surface area contributed by atoms with Crippen LogP contribution in [-0.4, -0.2) is 52.2 Å². The molecule has 128 valence electrons. The average Bonchev–Trinajstić information content (AvgIpc) is 3.17. The van der Waals surface area contributed by atoms with Crippen LogP contribution >= 0.6 is 0 Å². The highest BCUT2D eigenvalue weighted by Crippen LogP contribution is 2.35. The summed E-state index contributed by atoms with van der Waals surface area (Å²) in [5.41, 5.74) is 3.49. The summed E-state index contributed by atoms with van der Waals surface area (Å²) in [4.78, 5) is 0. The Morgan fingerprint density at radius 2 is 1.05 bits per heavy atom. The summed E-state index contributed by atoms with van der Waals surface area (Å²) in [6, 6.07) is 2.02. The van der Waals surface area contributed by atoms with Gasteiger partial charge in [-0.3, -0.25) is 0 Å². The van der Waals surface area contributed by atoms with Crippen molar-refractivity contribution >= 4 is 17.9 Å². The lowest BCUT2D eigenvalue weighted by Gasteiger charge is -2.49. The van der Waals surface area contributed by atoms with Gasteiger partial charge in [0.05, 0.1) is 0 Å². The van der Waals surface area contributed by atoms with E-state index in [0.717, 1.165) is 12.1 Å². The molecular weight excluding hydrogens is 300 g/mol. The first-order valence-corrected chi connectivity index (χ1v) is 14.6. The van der Waals surface area contributed by atoms with Gasteiger partial charge < -0.3 is 9.13 Å². The largest absolute Gasteiger partial charge is 0.324 e. The van der Waals surface area contributed by atoms with Crippen molar-refractivity contribution in [1.29, 1.82) is 0 Å². The lowest BCUT2D eigenvalue weighted by atomic mass is 10.2. The Hall–Kier alpha value is 0.354. The molecule has 2 aliphatic carbocycles. The van der Waals surface area contributed by atoms with Crippen LogP contribution in [0.1, 0.15) is 78.1 Å². The third-order valence-corrected chi connectivity index (χ3v) is 18.5. The van der Waals surface area contributed by atoms with Crippen LogP contribution in [0, 0.1) is 0 Å². The van der Waals surface area contributed by atoms with Crippen LogP contribution < -0.4 is 0 Å². The Kier molecular flexibility index (Phi) is 6.60. The van der Waals surface area contributed by atoms with E-state index in [-0.39, 0.29) is 0 Å². The van der Waals surface area contributed by atoms with Crippen LogP contribution in [0.15, 0.2) is 0 Å². The van der Waals surface area contributed by atoms with Gasteiger partial charge in [-0.15, -0.1) is 0 Å². The van der Waals surface area contributed by atoms with Crippen LogP contribution in [0.3, 0.4) is 0 Å². The zero-order valence-corrected chi connectivity index (χ0v) is 17.4. The molecule has 0 aromatic rings. The van der Waals surface area contributed by atoms with E-state index in [4.69, 9.17) is 0 Å². The first kappa shape index (κ1) is 17.2. The third kappa shape index (κ3) is 3.88. The van der Waals surface area contributed by atoms with Gasteiger partial charge >= 0.3 is 0 Å². The van der Waals surface area contributed by atoms with Gasteiger partial charge in [0, 0.05) is 12.1 Å². The summed E-state index contributed by atoms with van der Waals surface area (Å²) in [5, 5.41) is 0. The molecule has 2 saturated carbocycles. The quantitative estimate of drug-likeness (QED) is 0.621. The van der Waals surface area contributed by atoms with Crippen molar-refractivity contribution < 1.29 is 0 Å². The minimum Gasteiger partial charge on any atom is -0.324 e. The molecule has 1 saturated heterocycles. The highest BCUT2D eigenvalue weighted by molar-refractivity contribution is 6.92. The molecule has 0 N–H and O–H groups in total. The maximum Gasteiger partial charge on any atom is 0.109 e. The lowest BCUT2D eigenvalue weighted by Crippen LogP contribution is -2.63. The van der Waals surface area contributed by atoms with Gasteiger partial charge in [-0.2, -0.15) is 0 Å². The summed E-state index contributed by atoms with van der Waals surface area (Å²) in [7, 11) is -1.03. The molecule has 0 bridgehead atoms. The van der Waals surface area contributed by atoms with Crippen molar-refractivity contribution in [2.24, 2.45) is 0 Å². The fraction of sp³-hybridized carbons (Fsp3) is 1.00. The molecular formula is C18H38N2Si2. The first-order chi connectivity index (χ1) is 10.8. The van der Waals surface area contributed by atoms with Gasteiger partial charge in [0.2, 0.25) is 0 Å². The molecule has 4 heteroatoms. The Morgan fingerprint density at radius 1 is 0.682 bits per heavy atom. The SMILES string of the molecule is CCCN(C1CCCC1)[SiH]1C[SiH](N(CCC)C2CCCC2)C1. The van der Waals surface area contributed by atoms with E-state index < -0.39 is 17.9 Å². The zero-order valence-electron chi connectivity index (χ0n) is 15.1. The summed E-state index contributed by atoms with van der Waals surface area (Å²) in [6.45, 7) is 7.65. The number of hydrogen-bond acceptors (Lipinski definition) is 2. The molecule has 3 rings (SSSR count). The Bertz CT molecular complexity index is 291. The highest BCUT2D eigenvalue weighted by Gasteiger charge is 2.43. The van der Waals surface area contributed by atoms with Gasteiger partial charge in [0.15, 0.2) is 0 Å². The monoisotopic (exact) mass is 338 g/mol. The number of rotatable bonds is 8. The van der Waals surface area contributed by atoms with Crippen LogP contribution in [0.5, 0.6) is 0 Å². The van der Waals surface area contributed by atoms with Gasteiger partial charge in [0.1, 0.15) is 17.9 Å². The molecule has 22 heavy (non-hydrogen) atoms. The van der Waals surface area contributed by atoms with Crippen LogP contribution in [0.25, 0.3) is 0 Å². The van der Waals surface area contributed by atoms with E-state index in [0.29, 0.717) is 0 Å². The summed E-state index contributed by atoms with van der Waals surface area (Å²) in [6.07, 6.45) is 14.9.